The summed E-state index contributed by atoms with van der Waals surface area (Å²) in [5.41, 5.74) is 0. The SMILES string of the molecule is CCOc1ccc(F)c(OC(C)C)c1. The molecule has 0 radical (unpaired) electrons. The predicted octanol–water partition coefficient (Wildman–Crippen LogP) is 3.01. The van der Waals surface area contributed by atoms with E-state index in [-0.39, 0.29) is 17.7 Å². The van der Waals surface area contributed by atoms with Crippen molar-refractivity contribution >= 4 is 0 Å². The summed E-state index contributed by atoms with van der Waals surface area (Å²) in [5, 5.41) is 0. The fraction of sp³-hybridized carbons (Fsp3) is 0.455. The van der Waals surface area contributed by atoms with Crippen LogP contribution in [0.3, 0.4) is 0 Å². The maximum absolute atomic E-state index is 13.2. The molecule has 1 aromatic rings. The van der Waals surface area contributed by atoms with E-state index < -0.39 is 0 Å². The first-order chi connectivity index (χ1) is 6.63. The number of hydrogen-bond acceptors (Lipinski definition) is 2. The Morgan fingerprint density at radius 2 is 2.07 bits per heavy atom. The lowest BCUT2D eigenvalue weighted by Gasteiger charge is -2.11. The van der Waals surface area contributed by atoms with E-state index >= 15 is 0 Å². The first-order valence-electron chi connectivity index (χ1n) is 4.72. The summed E-state index contributed by atoms with van der Waals surface area (Å²) in [7, 11) is 0. The summed E-state index contributed by atoms with van der Waals surface area (Å²) in [4.78, 5) is 0. The highest BCUT2D eigenvalue weighted by Crippen LogP contribution is 2.24. The Morgan fingerprint density at radius 3 is 2.64 bits per heavy atom. The molecule has 0 heterocycles. The lowest BCUT2D eigenvalue weighted by Crippen LogP contribution is -2.07. The second-order valence-electron chi connectivity index (χ2n) is 3.19. The first kappa shape index (κ1) is 10.8. The Morgan fingerprint density at radius 1 is 1.36 bits per heavy atom. The average molecular weight is 198 g/mol. The Hall–Kier alpha value is -1.25. The molecule has 0 unspecified atom stereocenters. The predicted molar refractivity (Wildman–Crippen MR) is 53.3 cm³/mol. The minimum absolute atomic E-state index is 0.0404. The van der Waals surface area contributed by atoms with Crippen molar-refractivity contribution in [2.24, 2.45) is 0 Å². The second kappa shape index (κ2) is 4.84. The molecule has 14 heavy (non-hydrogen) atoms. The highest BCUT2D eigenvalue weighted by Gasteiger charge is 2.06. The third-order valence-electron chi connectivity index (χ3n) is 1.58. The van der Waals surface area contributed by atoms with Gasteiger partial charge in [0.15, 0.2) is 11.6 Å². The van der Waals surface area contributed by atoms with E-state index in [1.54, 1.807) is 12.1 Å². The molecule has 0 bridgehead atoms. The van der Waals surface area contributed by atoms with E-state index in [2.05, 4.69) is 0 Å². The van der Waals surface area contributed by atoms with Crippen molar-refractivity contribution in [1.82, 2.24) is 0 Å². The molecule has 0 aliphatic heterocycles. The van der Waals surface area contributed by atoms with Crippen molar-refractivity contribution in [1.29, 1.82) is 0 Å². The summed E-state index contributed by atoms with van der Waals surface area (Å²) in [5.74, 6) is 0.512. The molecule has 0 aromatic heterocycles. The summed E-state index contributed by atoms with van der Waals surface area (Å²) in [6, 6.07) is 4.51. The van der Waals surface area contributed by atoms with Crippen LogP contribution in [-0.2, 0) is 0 Å². The molecule has 0 aliphatic rings. The fourth-order valence-electron chi connectivity index (χ4n) is 1.08. The van der Waals surface area contributed by atoms with Crippen molar-refractivity contribution in [2.45, 2.75) is 26.9 Å². The van der Waals surface area contributed by atoms with Crippen LogP contribution < -0.4 is 9.47 Å². The molecule has 0 fully saturated rings. The number of ether oxygens (including phenoxy) is 2. The molecule has 0 N–H and O–H groups in total. The molecule has 0 aliphatic carbocycles. The maximum Gasteiger partial charge on any atom is 0.165 e. The summed E-state index contributed by atoms with van der Waals surface area (Å²) < 4.78 is 23.7. The van der Waals surface area contributed by atoms with Gasteiger partial charge in [-0.3, -0.25) is 0 Å². The Labute approximate surface area is 83.6 Å². The van der Waals surface area contributed by atoms with E-state index in [0.717, 1.165) is 0 Å². The third-order valence-corrected chi connectivity index (χ3v) is 1.58. The molecular weight excluding hydrogens is 183 g/mol. The van der Waals surface area contributed by atoms with Crippen molar-refractivity contribution < 1.29 is 13.9 Å². The van der Waals surface area contributed by atoms with Gasteiger partial charge in [-0.25, -0.2) is 4.39 Å². The largest absolute Gasteiger partial charge is 0.494 e. The van der Waals surface area contributed by atoms with Gasteiger partial charge in [0, 0.05) is 6.07 Å². The third kappa shape index (κ3) is 2.91. The number of benzene rings is 1. The lowest BCUT2D eigenvalue weighted by molar-refractivity contribution is 0.229. The Balaban J connectivity index is 2.84. The molecule has 3 heteroatoms. The average Bonchev–Trinajstić information content (AvgIpc) is 2.10. The topological polar surface area (TPSA) is 18.5 Å². The van der Waals surface area contributed by atoms with E-state index in [4.69, 9.17) is 9.47 Å². The van der Waals surface area contributed by atoms with E-state index in [0.29, 0.717) is 12.4 Å². The van der Waals surface area contributed by atoms with Crippen LogP contribution in [0.25, 0.3) is 0 Å². The fourth-order valence-corrected chi connectivity index (χ4v) is 1.08. The van der Waals surface area contributed by atoms with Crippen LogP contribution >= 0.6 is 0 Å². The van der Waals surface area contributed by atoms with Crippen LogP contribution in [0, 0.1) is 5.82 Å². The Bertz CT molecular complexity index is 297. The summed E-state index contributed by atoms with van der Waals surface area (Å²) in [6.45, 7) is 6.15. The number of rotatable bonds is 4. The Kier molecular flexibility index (Phi) is 3.74. The lowest BCUT2D eigenvalue weighted by atomic mass is 10.3. The van der Waals surface area contributed by atoms with Crippen LogP contribution in [0.4, 0.5) is 4.39 Å². The van der Waals surface area contributed by atoms with Crippen LogP contribution in [0.15, 0.2) is 18.2 Å². The van der Waals surface area contributed by atoms with Gasteiger partial charge in [0.2, 0.25) is 0 Å². The quantitative estimate of drug-likeness (QED) is 0.740. The molecule has 0 saturated heterocycles. The standard InChI is InChI=1S/C11H15FO2/c1-4-13-9-5-6-10(12)11(7-9)14-8(2)3/h5-8H,4H2,1-3H3. The van der Waals surface area contributed by atoms with Crippen LogP contribution in [0.1, 0.15) is 20.8 Å². The number of halogens is 1. The minimum atomic E-state index is -0.359. The second-order valence-corrected chi connectivity index (χ2v) is 3.19. The molecule has 2 nitrogen and oxygen atoms in total. The highest BCUT2D eigenvalue weighted by molar-refractivity contribution is 5.34. The monoisotopic (exact) mass is 198 g/mol. The van der Waals surface area contributed by atoms with Gasteiger partial charge < -0.3 is 9.47 Å². The molecular formula is C11H15FO2. The van der Waals surface area contributed by atoms with Gasteiger partial charge >= 0.3 is 0 Å². The first-order valence-corrected chi connectivity index (χ1v) is 4.72. The van der Waals surface area contributed by atoms with Gasteiger partial charge in [0.1, 0.15) is 5.75 Å². The summed E-state index contributed by atoms with van der Waals surface area (Å²) >= 11 is 0. The molecule has 0 saturated carbocycles. The molecule has 0 spiro atoms. The minimum Gasteiger partial charge on any atom is -0.494 e. The molecule has 1 aromatic carbocycles. The molecule has 78 valence electrons. The van der Waals surface area contributed by atoms with Gasteiger partial charge in [0.05, 0.1) is 12.7 Å². The zero-order valence-electron chi connectivity index (χ0n) is 8.71. The van der Waals surface area contributed by atoms with E-state index in [1.807, 2.05) is 20.8 Å². The van der Waals surface area contributed by atoms with Gasteiger partial charge in [-0.05, 0) is 32.9 Å². The van der Waals surface area contributed by atoms with Crippen molar-refractivity contribution in [3.63, 3.8) is 0 Å². The molecule has 1 rings (SSSR count). The highest BCUT2D eigenvalue weighted by atomic mass is 19.1. The van der Waals surface area contributed by atoms with Gasteiger partial charge in [-0.1, -0.05) is 0 Å². The van der Waals surface area contributed by atoms with Crippen LogP contribution in [0.2, 0.25) is 0 Å². The van der Waals surface area contributed by atoms with Crippen molar-refractivity contribution in [3.05, 3.63) is 24.0 Å². The maximum atomic E-state index is 13.2. The van der Waals surface area contributed by atoms with Crippen molar-refractivity contribution in [2.75, 3.05) is 6.61 Å². The molecule has 0 atom stereocenters. The zero-order chi connectivity index (χ0) is 10.6. The zero-order valence-corrected chi connectivity index (χ0v) is 8.71. The van der Waals surface area contributed by atoms with E-state index in [1.165, 1.54) is 6.07 Å². The van der Waals surface area contributed by atoms with E-state index in [9.17, 15) is 4.39 Å². The van der Waals surface area contributed by atoms with Gasteiger partial charge in [-0.2, -0.15) is 0 Å². The summed E-state index contributed by atoms with van der Waals surface area (Å²) in [6.07, 6.45) is -0.0404. The van der Waals surface area contributed by atoms with Crippen LogP contribution in [-0.4, -0.2) is 12.7 Å². The van der Waals surface area contributed by atoms with Gasteiger partial charge in [-0.15, -0.1) is 0 Å². The normalized spacial score (nSPS) is 10.4. The smallest absolute Gasteiger partial charge is 0.165 e. The number of hydrogen-bond donors (Lipinski definition) is 0. The van der Waals surface area contributed by atoms with Crippen LogP contribution in [0.5, 0.6) is 11.5 Å². The molecule has 0 amide bonds. The van der Waals surface area contributed by atoms with Gasteiger partial charge in [0.25, 0.3) is 0 Å². The van der Waals surface area contributed by atoms with Crippen molar-refractivity contribution in [3.8, 4) is 11.5 Å².